The maximum absolute atomic E-state index is 5.54. The Morgan fingerprint density at radius 2 is 1.56 bits per heavy atom. The molecule has 0 spiro atoms. The molecule has 16 heavy (non-hydrogen) atoms. The van der Waals surface area contributed by atoms with Gasteiger partial charge < -0.3 is 11.5 Å². The molecule has 2 nitrogen and oxygen atoms in total. The standard InChI is InChI=1S/C14H24N2/c1-6-7-8-9-10(2)11(3)12(4)13(5)14(15)16/h14H,2-9,15-16H2,1H3. The van der Waals surface area contributed by atoms with Gasteiger partial charge in [0.1, 0.15) is 0 Å². The summed E-state index contributed by atoms with van der Waals surface area (Å²) in [4.78, 5) is 0. The molecular weight excluding hydrogens is 196 g/mol. The fourth-order valence-corrected chi connectivity index (χ4v) is 1.35. The monoisotopic (exact) mass is 220 g/mol. The van der Waals surface area contributed by atoms with Crippen molar-refractivity contribution in [3.05, 3.63) is 48.6 Å². The molecule has 0 bridgehead atoms. The maximum Gasteiger partial charge on any atom is 0.0784 e. The minimum absolute atomic E-state index is 0.576. The first-order valence-electron chi connectivity index (χ1n) is 5.68. The lowest BCUT2D eigenvalue weighted by molar-refractivity contribution is 0.717. The van der Waals surface area contributed by atoms with Gasteiger partial charge in [-0.15, -0.1) is 0 Å². The van der Waals surface area contributed by atoms with Gasteiger partial charge in [-0.25, -0.2) is 0 Å². The highest BCUT2D eigenvalue weighted by Crippen LogP contribution is 2.24. The third-order valence-corrected chi connectivity index (χ3v) is 2.66. The second-order valence-corrected chi connectivity index (χ2v) is 4.07. The average Bonchev–Trinajstić information content (AvgIpc) is 2.26. The highest BCUT2D eigenvalue weighted by atomic mass is 14.8. The van der Waals surface area contributed by atoms with Crippen molar-refractivity contribution >= 4 is 0 Å². The summed E-state index contributed by atoms with van der Waals surface area (Å²) in [5.74, 6) is 0. The van der Waals surface area contributed by atoms with Gasteiger partial charge in [0, 0.05) is 0 Å². The number of hydrogen-bond acceptors (Lipinski definition) is 2. The van der Waals surface area contributed by atoms with Gasteiger partial charge in [-0.2, -0.15) is 0 Å². The van der Waals surface area contributed by atoms with E-state index in [4.69, 9.17) is 11.5 Å². The summed E-state index contributed by atoms with van der Waals surface area (Å²) < 4.78 is 0. The molecule has 0 heterocycles. The smallest absolute Gasteiger partial charge is 0.0784 e. The summed E-state index contributed by atoms with van der Waals surface area (Å²) in [6.07, 6.45) is 3.89. The molecule has 0 aromatic rings. The Labute approximate surface area is 99.4 Å². The number of rotatable bonds is 8. The summed E-state index contributed by atoms with van der Waals surface area (Å²) in [5.41, 5.74) is 14.3. The van der Waals surface area contributed by atoms with E-state index >= 15 is 0 Å². The fourth-order valence-electron chi connectivity index (χ4n) is 1.35. The molecule has 0 aliphatic rings. The van der Waals surface area contributed by atoms with Crippen LogP contribution in [0.4, 0.5) is 0 Å². The van der Waals surface area contributed by atoms with Gasteiger partial charge in [0.25, 0.3) is 0 Å². The Morgan fingerprint density at radius 1 is 1.00 bits per heavy atom. The van der Waals surface area contributed by atoms with Crippen molar-refractivity contribution in [2.75, 3.05) is 0 Å². The Morgan fingerprint density at radius 3 is 2.00 bits per heavy atom. The predicted octanol–water partition coefficient (Wildman–Crippen LogP) is 3.04. The highest BCUT2D eigenvalue weighted by molar-refractivity contribution is 5.52. The first-order chi connectivity index (χ1) is 7.41. The van der Waals surface area contributed by atoms with E-state index in [1.54, 1.807) is 0 Å². The lowest BCUT2D eigenvalue weighted by Gasteiger charge is -2.16. The summed E-state index contributed by atoms with van der Waals surface area (Å²) in [7, 11) is 0. The van der Waals surface area contributed by atoms with Crippen LogP contribution in [0.5, 0.6) is 0 Å². The van der Waals surface area contributed by atoms with Gasteiger partial charge in [-0.05, 0) is 35.1 Å². The molecule has 0 rings (SSSR count). The lowest BCUT2D eigenvalue weighted by atomic mass is 9.92. The first kappa shape index (κ1) is 14.9. The van der Waals surface area contributed by atoms with Gasteiger partial charge in [-0.3, -0.25) is 0 Å². The topological polar surface area (TPSA) is 52.0 Å². The second kappa shape index (κ2) is 7.20. The molecule has 2 heteroatoms. The molecular formula is C14H24N2. The summed E-state index contributed by atoms with van der Waals surface area (Å²) in [6, 6.07) is 0. The van der Waals surface area contributed by atoms with Crippen molar-refractivity contribution in [2.24, 2.45) is 11.5 Å². The largest absolute Gasteiger partial charge is 0.312 e. The van der Waals surface area contributed by atoms with Crippen molar-refractivity contribution in [3.63, 3.8) is 0 Å². The van der Waals surface area contributed by atoms with E-state index in [2.05, 4.69) is 33.2 Å². The second-order valence-electron chi connectivity index (χ2n) is 4.07. The summed E-state index contributed by atoms with van der Waals surface area (Å²) in [5, 5.41) is 0. The normalized spacial score (nSPS) is 10.2. The quantitative estimate of drug-likeness (QED) is 0.375. The Balaban J connectivity index is 4.28. The molecule has 0 aromatic heterocycles. The molecule has 0 saturated heterocycles. The van der Waals surface area contributed by atoms with Gasteiger partial charge in [0.15, 0.2) is 0 Å². The number of hydrogen-bond donors (Lipinski definition) is 2. The molecule has 0 aromatic carbocycles. The van der Waals surface area contributed by atoms with Crippen LogP contribution in [0.1, 0.15) is 32.6 Å². The van der Waals surface area contributed by atoms with Gasteiger partial charge >= 0.3 is 0 Å². The zero-order valence-corrected chi connectivity index (χ0v) is 10.4. The van der Waals surface area contributed by atoms with Crippen LogP contribution in [-0.4, -0.2) is 6.17 Å². The van der Waals surface area contributed by atoms with Crippen LogP contribution < -0.4 is 11.5 Å². The Kier molecular flexibility index (Phi) is 6.70. The number of allylic oxidation sites excluding steroid dienone is 2. The maximum atomic E-state index is 5.54. The van der Waals surface area contributed by atoms with E-state index < -0.39 is 6.17 Å². The molecule has 0 fully saturated rings. The number of nitrogens with two attached hydrogens (primary N) is 2. The van der Waals surface area contributed by atoms with Crippen molar-refractivity contribution in [2.45, 2.75) is 38.8 Å². The predicted molar refractivity (Wildman–Crippen MR) is 72.9 cm³/mol. The van der Waals surface area contributed by atoms with E-state index in [0.29, 0.717) is 5.57 Å². The zero-order chi connectivity index (χ0) is 12.7. The minimum atomic E-state index is -0.576. The van der Waals surface area contributed by atoms with Gasteiger partial charge in [0.2, 0.25) is 0 Å². The van der Waals surface area contributed by atoms with Crippen LogP contribution >= 0.6 is 0 Å². The van der Waals surface area contributed by atoms with Crippen LogP contribution in [0.3, 0.4) is 0 Å². The molecule has 0 aliphatic carbocycles. The molecule has 0 radical (unpaired) electrons. The van der Waals surface area contributed by atoms with Crippen molar-refractivity contribution in [1.29, 1.82) is 0 Å². The van der Waals surface area contributed by atoms with Crippen molar-refractivity contribution in [3.8, 4) is 0 Å². The third-order valence-electron chi connectivity index (χ3n) is 2.66. The zero-order valence-electron chi connectivity index (χ0n) is 10.4. The SMILES string of the molecule is C=C(CCCCC)C(=C)C(=C)C(=C)C(N)N. The molecule has 0 aliphatic heterocycles. The molecule has 4 N–H and O–H groups in total. The average molecular weight is 220 g/mol. The van der Waals surface area contributed by atoms with Crippen molar-refractivity contribution in [1.82, 2.24) is 0 Å². The summed E-state index contributed by atoms with van der Waals surface area (Å²) in [6.45, 7) is 17.9. The number of unbranched alkanes of at least 4 members (excludes halogenated alkanes) is 2. The van der Waals surface area contributed by atoms with Crippen LogP contribution in [-0.2, 0) is 0 Å². The lowest BCUT2D eigenvalue weighted by Crippen LogP contribution is -2.33. The van der Waals surface area contributed by atoms with E-state index in [-0.39, 0.29) is 0 Å². The molecule has 0 amide bonds. The van der Waals surface area contributed by atoms with Crippen LogP contribution in [0.2, 0.25) is 0 Å². The third kappa shape index (κ3) is 4.60. The minimum Gasteiger partial charge on any atom is -0.312 e. The van der Waals surface area contributed by atoms with E-state index in [1.165, 1.54) is 12.8 Å². The van der Waals surface area contributed by atoms with Crippen LogP contribution in [0.15, 0.2) is 48.6 Å². The van der Waals surface area contributed by atoms with Gasteiger partial charge in [0.05, 0.1) is 6.17 Å². The van der Waals surface area contributed by atoms with Gasteiger partial charge in [-0.1, -0.05) is 46.1 Å². The molecule has 0 atom stereocenters. The fraction of sp³-hybridized carbons (Fsp3) is 0.429. The molecule has 90 valence electrons. The van der Waals surface area contributed by atoms with Crippen LogP contribution in [0, 0.1) is 0 Å². The van der Waals surface area contributed by atoms with E-state index in [9.17, 15) is 0 Å². The van der Waals surface area contributed by atoms with E-state index in [0.717, 1.165) is 29.6 Å². The summed E-state index contributed by atoms with van der Waals surface area (Å²) >= 11 is 0. The van der Waals surface area contributed by atoms with Crippen molar-refractivity contribution < 1.29 is 0 Å². The Bertz CT molecular complexity index is 298. The Hall–Kier alpha value is -1.12. The first-order valence-corrected chi connectivity index (χ1v) is 5.68. The highest BCUT2D eigenvalue weighted by Gasteiger charge is 2.10. The molecule has 0 saturated carbocycles. The molecule has 0 unspecified atom stereocenters. The van der Waals surface area contributed by atoms with E-state index in [1.807, 2.05) is 0 Å². The van der Waals surface area contributed by atoms with Crippen LogP contribution in [0.25, 0.3) is 0 Å².